The molecule has 0 saturated carbocycles. The first-order valence-corrected chi connectivity index (χ1v) is 6.05. The van der Waals surface area contributed by atoms with E-state index in [-0.39, 0.29) is 17.8 Å². The van der Waals surface area contributed by atoms with Crippen LogP contribution in [-0.2, 0) is 13.6 Å². The highest BCUT2D eigenvalue weighted by Crippen LogP contribution is 2.21. The number of carboxylic acids is 1. The van der Waals surface area contributed by atoms with Crippen LogP contribution in [0.2, 0.25) is 0 Å². The van der Waals surface area contributed by atoms with E-state index in [2.05, 4.69) is 15.7 Å². The van der Waals surface area contributed by atoms with Gasteiger partial charge in [0.15, 0.2) is 0 Å². The molecule has 2 aromatic rings. The standard InChI is InChI=1S/C13H14N4O4/c1-17-5-4-9(16-17)7-14-13(21)15-8-2-3-10(12(19)20)11(18)6-8/h2-6,18H,7H2,1H3,(H,19,20)(H2,14,15,21). The summed E-state index contributed by atoms with van der Waals surface area (Å²) in [5.41, 5.74) is 0.766. The van der Waals surface area contributed by atoms with E-state index in [1.165, 1.54) is 18.2 Å². The zero-order valence-corrected chi connectivity index (χ0v) is 11.2. The molecule has 110 valence electrons. The number of hydrogen-bond donors (Lipinski definition) is 4. The van der Waals surface area contributed by atoms with Crippen molar-refractivity contribution in [2.45, 2.75) is 6.54 Å². The molecule has 0 aliphatic heterocycles. The molecular weight excluding hydrogens is 276 g/mol. The number of anilines is 1. The van der Waals surface area contributed by atoms with E-state index in [0.717, 1.165) is 0 Å². The Morgan fingerprint density at radius 2 is 2.10 bits per heavy atom. The Bertz CT molecular complexity index is 681. The largest absolute Gasteiger partial charge is 0.507 e. The second-order valence-corrected chi connectivity index (χ2v) is 4.33. The zero-order valence-electron chi connectivity index (χ0n) is 11.2. The quantitative estimate of drug-likeness (QED) is 0.674. The Morgan fingerprint density at radius 1 is 1.33 bits per heavy atom. The highest BCUT2D eigenvalue weighted by atomic mass is 16.4. The summed E-state index contributed by atoms with van der Waals surface area (Å²) in [6.45, 7) is 0.256. The first-order chi connectivity index (χ1) is 9.95. The van der Waals surface area contributed by atoms with Crippen LogP contribution in [0.5, 0.6) is 5.75 Å². The van der Waals surface area contributed by atoms with Crippen molar-refractivity contribution >= 4 is 17.7 Å². The van der Waals surface area contributed by atoms with Crippen LogP contribution in [0.1, 0.15) is 16.1 Å². The third-order valence-corrected chi connectivity index (χ3v) is 2.68. The maximum Gasteiger partial charge on any atom is 0.339 e. The van der Waals surface area contributed by atoms with Gasteiger partial charge in [0.1, 0.15) is 11.3 Å². The molecule has 2 amide bonds. The van der Waals surface area contributed by atoms with Crippen LogP contribution in [0.3, 0.4) is 0 Å². The molecule has 0 unspecified atom stereocenters. The second kappa shape index (κ2) is 5.95. The Kier molecular flexibility index (Phi) is 4.07. The molecule has 0 fully saturated rings. The fourth-order valence-corrected chi connectivity index (χ4v) is 1.69. The van der Waals surface area contributed by atoms with Crippen LogP contribution < -0.4 is 10.6 Å². The summed E-state index contributed by atoms with van der Waals surface area (Å²) >= 11 is 0. The van der Waals surface area contributed by atoms with Gasteiger partial charge in [-0.2, -0.15) is 5.10 Å². The van der Waals surface area contributed by atoms with Crippen molar-refractivity contribution in [3.63, 3.8) is 0 Å². The van der Waals surface area contributed by atoms with Crippen LogP contribution in [-0.4, -0.2) is 32.0 Å². The van der Waals surface area contributed by atoms with Gasteiger partial charge in [0.2, 0.25) is 0 Å². The van der Waals surface area contributed by atoms with Crippen LogP contribution in [0.15, 0.2) is 30.5 Å². The van der Waals surface area contributed by atoms with Gasteiger partial charge in [-0.05, 0) is 18.2 Å². The first kappa shape index (κ1) is 14.4. The molecule has 0 saturated heterocycles. The van der Waals surface area contributed by atoms with Crippen LogP contribution in [0.4, 0.5) is 10.5 Å². The predicted molar refractivity (Wildman–Crippen MR) is 74.1 cm³/mol. The number of carboxylic acid groups (broad SMARTS) is 1. The van der Waals surface area contributed by atoms with Gasteiger partial charge in [-0.25, -0.2) is 9.59 Å². The summed E-state index contributed by atoms with van der Waals surface area (Å²) in [7, 11) is 1.77. The van der Waals surface area contributed by atoms with E-state index in [4.69, 9.17) is 5.11 Å². The van der Waals surface area contributed by atoms with Crippen molar-refractivity contribution in [1.82, 2.24) is 15.1 Å². The summed E-state index contributed by atoms with van der Waals surface area (Å²) in [4.78, 5) is 22.4. The molecule has 0 bridgehead atoms. The number of hydrogen-bond acceptors (Lipinski definition) is 4. The van der Waals surface area contributed by atoms with Crippen LogP contribution in [0.25, 0.3) is 0 Å². The first-order valence-electron chi connectivity index (χ1n) is 6.05. The molecule has 1 heterocycles. The number of benzene rings is 1. The summed E-state index contributed by atoms with van der Waals surface area (Å²) in [6.07, 6.45) is 1.76. The van der Waals surface area contributed by atoms with Crippen molar-refractivity contribution in [1.29, 1.82) is 0 Å². The number of nitrogens with zero attached hydrogens (tertiary/aromatic N) is 2. The zero-order chi connectivity index (χ0) is 15.4. The second-order valence-electron chi connectivity index (χ2n) is 4.33. The van der Waals surface area contributed by atoms with Crippen molar-refractivity contribution in [2.24, 2.45) is 7.05 Å². The number of aromatic carboxylic acids is 1. The van der Waals surface area contributed by atoms with Gasteiger partial charge in [-0.3, -0.25) is 4.68 Å². The number of carbonyl (C=O) groups is 2. The fraction of sp³-hybridized carbons (Fsp3) is 0.154. The summed E-state index contributed by atoms with van der Waals surface area (Å²) in [5, 5.41) is 27.5. The maximum atomic E-state index is 11.7. The normalized spacial score (nSPS) is 10.1. The highest BCUT2D eigenvalue weighted by Gasteiger charge is 2.11. The minimum atomic E-state index is -1.24. The molecule has 8 nitrogen and oxygen atoms in total. The van der Waals surface area contributed by atoms with Crippen LogP contribution in [0, 0.1) is 0 Å². The van der Waals surface area contributed by atoms with Gasteiger partial charge in [-0.1, -0.05) is 0 Å². The highest BCUT2D eigenvalue weighted by molar-refractivity contribution is 5.93. The Morgan fingerprint density at radius 3 is 2.67 bits per heavy atom. The third-order valence-electron chi connectivity index (χ3n) is 2.68. The number of rotatable bonds is 4. The van der Waals surface area contributed by atoms with Gasteiger partial charge >= 0.3 is 12.0 Å². The number of urea groups is 1. The molecular formula is C13H14N4O4. The van der Waals surface area contributed by atoms with E-state index in [1.807, 2.05) is 0 Å². The topological polar surface area (TPSA) is 116 Å². The van der Waals surface area contributed by atoms with Gasteiger partial charge in [-0.15, -0.1) is 0 Å². The van der Waals surface area contributed by atoms with Crippen molar-refractivity contribution < 1.29 is 19.8 Å². The van der Waals surface area contributed by atoms with E-state index < -0.39 is 17.7 Å². The number of carbonyl (C=O) groups excluding carboxylic acids is 1. The molecule has 0 aliphatic carbocycles. The summed E-state index contributed by atoms with van der Waals surface area (Å²) in [5.74, 6) is -1.65. The summed E-state index contributed by atoms with van der Waals surface area (Å²) in [6, 6.07) is 5.07. The number of phenols is 1. The minimum Gasteiger partial charge on any atom is -0.507 e. The Hall–Kier alpha value is -3.03. The molecule has 0 radical (unpaired) electrons. The predicted octanol–water partition coefficient (Wildman–Crippen LogP) is 1.15. The van der Waals surface area contributed by atoms with Crippen molar-refractivity contribution in [2.75, 3.05) is 5.32 Å². The minimum absolute atomic E-state index is 0.227. The van der Waals surface area contributed by atoms with Crippen molar-refractivity contribution in [3.8, 4) is 5.75 Å². The molecule has 8 heteroatoms. The molecule has 21 heavy (non-hydrogen) atoms. The molecule has 4 N–H and O–H groups in total. The fourth-order valence-electron chi connectivity index (χ4n) is 1.69. The molecule has 0 atom stereocenters. The Labute approximate surface area is 120 Å². The van der Waals surface area contributed by atoms with E-state index in [0.29, 0.717) is 5.69 Å². The van der Waals surface area contributed by atoms with Gasteiger partial charge in [0.05, 0.1) is 12.2 Å². The lowest BCUT2D eigenvalue weighted by molar-refractivity contribution is 0.0694. The van der Waals surface area contributed by atoms with Crippen LogP contribution >= 0.6 is 0 Å². The van der Waals surface area contributed by atoms with E-state index in [1.54, 1.807) is 24.0 Å². The summed E-state index contributed by atoms with van der Waals surface area (Å²) < 4.78 is 1.62. The van der Waals surface area contributed by atoms with Gasteiger partial charge in [0.25, 0.3) is 0 Å². The Balaban J connectivity index is 1.93. The molecule has 1 aromatic carbocycles. The average molecular weight is 290 g/mol. The molecule has 0 spiro atoms. The SMILES string of the molecule is Cn1ccc(CNC(=O)Nc2ccc(C(=O)O)c(O)c2)n1. The number of nitrogens with one attached hydrogen (secondary N) is 2. The number of aryl methyl sites for hydroxylation is 1. The third kappa shape index (κ3) is 3.72. The molecule has 0 aliphatic rings. The lowest BCUT2D eigenvalue weighted by atomic mass is 10.2. The van der Waals surface area contributed by atoms with E-state index in [9.17, 15) is 14.7 Å². The smallest absolute Gasteiger partial charge is 0.339 e. The average Bonchev–Trinajstić information content (AvgIpc) is 2.82. The molecule has 2 rings (SSSR count). The number of aromatic hydroxyl groups is 1. The number of amides is 2. The number of aromatic nitrogens is 2. The monoisotopic (exact) mass is 290 g/mol. The van der Waals surface area contributed by atoms with Gasteiger partial charge < -0.3 is 20.8 Å². The van der Waals surface area contributed by atoms with Crippen molar-refractivity contribution in [3.05, 3.63) is 41.7 Å². The van der Waals surface area contributed by atoms with E-state index >= 15 is 0 Å². The lowest BCUT2D eigenvalue weighted by Gasteiger charge is -2.08. The molecule has 1 aromatic heterocycles. The maximum absolute atomic E-state index is 11.7. The lowest BCUT2D eigenvalue weighted by Crippen LogP contribution is -2.28. The van der Waals surface area contributed by atoms with Gasteiger partial charge in [0, 0.05) is 25.0 Å².